The molecule has 0 spiro atoms. The third-order valence-corrected chi connectivity index (χ3v) is 4.27. The third kappa shape index (κ3) is 3.12. The van der Waals surface area contributed by atoms with Crippen molar-refractivity contribution < 1.29 is 18.7 Å². The molecule has 2 heterocycles. The summed E-state index contributed by atoms with van der Waals surface area (Å²) in [6, 6.07) is 5.11. The average Bonchev–Trinajstić information content (AvgIpc) is 2.55. The molecule has 1 amide bonds. The lowest BCUT2D eigenvalue weighted by Gasteiger charge is -2.35. The number of piperidine rings is 1. The molecule has 6 heteroatoms. The van der Waals surface area contributed by atoms with Crippen LogP contribution in [0.25, 0.3) is 11.0 Å². The fourth-order valence-electron chi connectivity index (χ4n) is 3.12. The Kier molecular flexibility index (Phi) is 4.43. The van der Waals surface area contributed by atoms with Gasteiger partial charge in [0.1, 0.15) is 17.0 Å². The maximum Gasteiger partial charge on any atom is 0.349 e. The minimum atomic E-state index is -0.720. The van der Waals surface area contributed by atoms with Gasteiger partial charge in [-0.3, -0.25) is 4.79 Å². The Morgan fingerprint density at radius 2 is 2.17 bits per heavy atom. The lowest BCUT2D eigenvalue weighted by molar-refractivity contribution is 0.0570. The molecule has 0 unspecified atom stereocenters. The van der Waals surface area contributed by atoms with Gasteiger partial charge < -0.3 is 14.4 Å². The molecule has 1 aliphatic heterocycles. The van der Waals surface area contributed by atoms with E-state index in [1.165, 1.54) is 24.3 Å². The maximum absolute atomic E-state index is 13.3. The Labute approximate surface area is 132 Å². The van der Waals surface area contributed by atoms with E-state index in [1.807, 2.05) is 0 Å². The standard InChI is InChI=1S/C17H18FNO4/c18-12-4-5-15-11(9-12)10-14(17(22)23-15)16(21)19-7-2-1-3-13(19)6-8-20/h4-5,9-10,13,20H,1-3,6-8H2/t13-/m1/s1. The number of aliphatic hydroxyl groups excluding tert-OH is 1. The quantitative estimate of drug-likeness (QED) is 0.881. The summed E-state index contributed by atoms with van der Waals surface area (Å²) in [4.78, 5) is 26.5. The molecular formula is C17H18FNO4. The number of amides is 1. The molecule has 1 N–H and O–H groups in total. The number of fused-ring (bicyclic) bond motifs is 1. The largest absolute Gasteiger partial charge is 0.422 e. The van der Waals surface area contributed by atoms with Crippen LogP contribution in [0.5, 0.6) is 0 Å². The van der Waals surface area contributed by atoms with Crippen molar-refractivity contribution in [1.82, 2.24) is 4.90 Å². The van der Waals surface area contributed by atoms with E-state index < -0.39 is 17.3 Å². The van der Waals surface area contributed by atoms with Gasteiger partial charge >= 0.3 is 5.63 Å². The summed E-state index contributed by atoms with van der Waals surface area (Å²) >= 11 is 0. The van der Waals surface area contributed by atoms with E-state index in [2.05, 4.69) is 0 Å². The summed E-state index contributed by atoms with van der Waals surface area (Å²) in [5, 5.41) is 9.53. The second kappa shape index (κ2) is 6.50. The average molecular weight is 319 g/mol. The minimum Gasteiger partial charge on any atom is -0.422 e. The second-order valence-electron chi connectivity index (χ2n) is 5.79. The fraction of sp³-hybridized carbons (Fsp3) is 0.412. The van der Waals surface area contributed by atoms with Crippen LogP contribution in [-0.4, -0.2) is 35.1 Å². The highest BCUT2D eigenvalue weighted by Gasteiger charge is 2.29. The van der Waals surface area contributed by atoms with Gasteiger partial charge in [-0.25, -0.2) is 9.18 Å². The van der Waals surface area contributed by atoms with Crippen LogP contribution in [0.4, 0.5) is 4.39 Å². The second-order valence-corrected chi connectivity index (χ2v) is 5.79. The van der Waals surface area contributed by atoms with Crippen molar-refractivity contribution in [2.45, 2.75) is 31.7 Å². The van der Waals surface area contributed by atoms with Crippen molar-refractivity contribution in [2.24, 2.45) is 0 Å². The molecule has 1 aromatic carbocycles. The van der Waals surface area contributed by atoms with E-state index in [-0.39, 0.29) is 23.8 Å². The van der Waals surface area contributed by atoms with Gasteiger partial charge in [0.2, 0.25) is 0 Å². The summed E-state index contributed by atoms with van der Waals surface area (Å²) in [6.07, 6.45) is 3.15. The predicted molar refractivity (Wildman–Crippen MR) is 82.8 cm³/mol. The summed E-state index contributed by atoms with van der Waals surface area (Å²) in [7, 11) is 0. The number of likely N-dealkylation sites (tertiary alicyclic amines) is 1. The van der Waals surface area contributed by atoms with Gasteiger partial charge in [0.15, 0.2) is 0 Å². The van der Waals surface area contributed by atoms with Crippen molar-refractivity contribution in [3.63, 3.8) is 0 Å². The number of rotatable bonds is 3. The number of aliphatic hydroxyl groups is 1. The van der Waals surface area contributed by atoms with Crippen molar-refractivity contribution in [3.8, 4) is 0 Å². The Bertz CT molecular complexity index is 784. The molecule has 1 saturated heterocycles. The van der Waals surface area contributed by atoms with Gasteiger partial charge in [-0.05, 0) is 49.9 Å². The van der Waals surface area contributed by atoms with Crippen LogP contribution in [0.1, 0.15) is 36.0 Å². The van der Waals surface area contributed by atoms with E-state index in [0.717, 1.165) is 19.3 Å². The van der Waals surface area contributed by atoms with Gasteiger partial charge in [-0.15, -0.1) is 0 Å². The van der Waals surface area contributed by atoms with Gasteiger partial charge in [-0.1, -0.05) is 0 Å². The highest BCUT2D eigenvalue weighted by atomic mass is 19.1. The zero-order chi connectivity index (χ0) is 16.4. The SMILES string of the molecule is O=C(c1cc2cc(F)ccc2oc1=O)N1CCCC[C@@H]1CCO. The van der Waals surface area contributed by atoms with E-state index >= 15 is 0 Å². The van der Waals surface area contributed by atoms with Gasteiger partial charge in [0, 0.05) is 24.6 Å². The van der Waals surface area contributed by atoms with Gasteiger partial charge in [0.05, 0.1) is 0 Å². The molecular weight excluding hydrogens is 301 g/mol. The smallest absolute Gasteiger partial charge is 0.349 e. The minimum absolute atomic E-state index is 0.00795. The van der Waals surface area contributed by atoms with E-state index in [0.29, 0.717) is 18.4 Å². The van der Waals surface area contributed by atoms with E-state index in [1.54, 1.807) is 4.90 Å². The first-order chi connectivity index (χ1) is 11.1. The zero-order valence-corrected chi connectivity index (χ0v) is 12.6. The lowest BCUT2D eigenvalue weighted by Crippen LogP contribution is -2.45. The lowest BCUT2D eigenvalue weighted by atomic mass is 9.98. The zero-order valence-electron chi connectivity index (χ0n) is 12.6. The van der Waals surface area contributed by atoms with Crippen LogP contribution in [0.3, 0.4) is 0 Å². The van der Waals surface area contributed by atoms with Crippen molar-refractivity contribution in [1.29, 1.82) is 0 Å². The van der Waals surface area contributed by atoms with E-state index in [9.17, 15) is 14.0 Å². The Balaban J connectivity index is 1.99. The predicted octanol–water partition coefficient (Wildman–Crippen LogP) is 2.31. The Morgan fingerprint density at radius 3 is 2.96 bits per heavy atom. The topological polar surface area (TPSA) is 70.8 Å². The molecule has 122 valence electrons. The first kappa shape index (κ1) is 15.7. The molecule has 5 nitrogen and oxygen atoms in total. The first-order valence-electron chi connectivity index (χ1n) is 7.75. The molecule has 1 aromatic heterocycles. The third-order valence-electron chi connectivity index (χ3n) is 4.27. The highest BCUT2D eigenvalue weighted by molar-refractivity contribution is 5.96. The molecule has 0 radical (unpaired) electrons. The fourth-order valence-corrected chi connectivity index (χ4v) is 3.12. The van der Waals surface area contributed by atoms with Crippen LogP contribution >= 0.6 is 0 Å². The Hall–Kier alpha value is -2.21. The monoisotopic (exact) mass is 319 g/mol. The molecule has 0 saturated carbocycles. The van der Waals surface area contributed by atoms with Crippen LogP contribution in [0.2, 0.25) is 0 Å². The molecule has 2 aromatic rings. The molecule has 0 aliphatic carbocycles. The summed E-state index contributed by atoms with van der Waals surface area (Å²) in [5.41, 5.74) is -0.561. The normalized spacial score (nSPS) is 18.3. The molecule has 1 atom stereocenters. The molecule has 23 heavy (non-hydrogen) atoms. The number of benzene rings is 1. The van der Waals surface area contributed by atoms with Gasteiger partial charge in [0.25, 0.3) is 5.91 Å². The van der Waals surface area contributed by atoms with Crippen LogP contribution in [0, 0.1) is 5.82 Å². The first-order valence-corrected chi connectivity index (χ1v) is 7.75. The number of halogens is 1. The Morgan fingerprint density at radius 1 is 1.35 bits per heavy atom. The van der Waals surface area contributed by atoms with E-state index in [4.69, 9.17) is 9.52 Å². The summed E-state index contributed by atoms with van der Waals surface area (Å²) in [6.45, 7) is 0.538. The van der Waals surface area contributed by atoms with Gasteiger partial charge in [-0.2, -0.15) is 0 Å². The molecule has 1 aliphatic rings. The van der Waals surface area contributed by atoms with Crippen LogP contribution < -0.4 is 5.63 Å². The summed E-state index contributed by atoms with van der Waals surface area (Å²) < 4.78 is 18.5. The summed E-state index contributed by atoms with van der Waals surface area (Å²) in [5.74, 6) is -0.871. The number of nitrogens with zero attached hydrogens (tertiary/aromatic N) is 1. The van der Waals surface area contributed by atoms with Crippen LogP contribution in [-0.2, 0) is 0 Å². The molecule has 1 fully saturated rings. The van der Waals surface area contributed by atoms with Crippen LogP contribution in [0.15, 0.2) is 33.5 Å². The molecule has 3 rings (SSSR count). The number of hydrogen-bond acceptors (Lipinski definition) is 4. The number of carbonyl (C=O) groups is 1. The van der Waals surface area contributed by atoms with Crippen molar-refractivity contribution in [3.05, 3.63) is 46.1 Å². The molecule has 0 bridgehead atoms. The van der Waals surface area contributed by atoms with Crippen molar-refractivity contribution >= 4 is 16.9 Å². The maximum atomic E-state index is 13.3. The highest BCUT2D eigenvalue weighted by Crippen LogP contribution is 2.22. The van der Waals surface area contributed by atoms with Crippen molar-refractivity contribution in [2.75, 3.05) is 13.2 Å². The number of carbonyl (C=O) groups excluding carboxylic acids is 1. The number of hydrogen-bond donors (Lipinski definition) is 1.